The molecule has 4 N–H and O–H groups in total. The first kappa shape index (κ1) is 15.4. The Morgan fingerprint density at radius 1 is 1.15 bits per heavy atom. The van der Waals surface area contributed by atoms with Crippen LogP contribution in [-0.4, -0.2) is 36.7 Å². The predicted molar refractivity (Wildman–Crippen MR) is 64.6 cm³/mol. The minimum absolute atomic E-state index is 0.00718. The van der Waals surface area contributed by atoms with Crippen molar-refractivity contribution in [1.29, 1.82) is 0 Å². The number of aromatic amines is 2. The summed E-state index contributed by atoms with van der Waals surface area (Å²) in [5.74, 6) is -4.83. The first-order valence-electron chi connectivity index (χ1n) is 5.62. The van der Waals surface area contributed by atoms with Crippen LogP contribution in [0.3, 0.4) is 0 Å². The van der Waals surface area contributed by atoms with Gasteiger partial charge in [-0.2, -0.15) is 0 Å². The van der Waals surface area contributed by atoms with Gasteiger partial charge in [-0.15, -0.1) is 0 Å². The van der Waals surface area contributed by atoms with Crippen LogP contribution in [0.2, 0.25) is 0 Å². The molecule has 0 fully saturated rings. The maximum atomic E-state index is 11.7. The normalized spacial score (nSPS) is 12.9. The van der Waals surface area contributed by atoms with Crippen molar-refractivity contribution in [3.63, 3.8) is 0 Å². The van der Waals surface area contributed by atoms with E-state index in [4.69, 9.17) is 0 Å². The third-order valence-corrected chi connectivity index (χ3v) is 3.18. The van der Waals surface area contributed by atoms with Crippen molar-refractivity contribution in [2.75, 3.05) is 0 Å². The number of carboxylic acid groups (broad SMARTS) is 2. The predicted octanol–water partition coefficient (Wildman–Crippen LogP) is -1.86. The average Bonchev–Trinajstić information content (AvgIpc) is 2.31. The van der Waals surface area contributed by atoms with Gasteiger partial charge in [0.2, 0.25) is 5.54 Å². The Morgan fingerprint density at radius 2 is 1.55 bits per heavy atom. The molecule has 1 heterocycles. The monoisotopic (exact) mass is 287 g/mol. The number of rotatable bonds is 5. The highest BCUT2D eigenvalue weighted by Gasteiger charge is 2.54. The topological polar surface area (TPSA) is 162 Å². The van der Waals surface area contributed by atoms with E-state index in [-0.39, 0.29) is 11.0 Å². The van der Waals surface area contributed by atoms with Crippen molar-refractivity contribution >= 4 is 11.9 Å². The molecule has 0 saturated heterocycles. The summed E-state index contributed by atoms with van der Waals surface area (Å²) in [5.41, 5.74) is -6.75. The standard InChI is InChI=1S/C10H13N3O7/c1-3-4(2)10(5(14)15,6(16)17)13-8(19)11-7(18)12-9(13)20/h4H,3H2,1-2H3,(H,14,15)(H,16,17)(H2,11,12,18,19,20). The van der Waals surface area contributed by atoms with E-state index < -0.39 is 40.5 Å². The Bertz CT molecular complexity index is 662. The third kappa shape index (κ3) is 2.04. The van der Waals surface area contributed by atoms with Crippen LogP contribution >= 0.6 is 0 Å². The maximum absolute atomic E-state index is 11.7. The number of carbonyl (C=O) groups is 2. The molecule has 0 bridgehead atoms. The molecule has 1 aromatic rings. The molecule has 0 aliphatic heterocycles. The summed E-state index contributed by atoms with van der Waals surface area (Å²) in [4.78, 5) is 60.6. The van der Waals surface area contributed by atoms with Crippen molar-refractivity contribution in [3.05, 3.63) is 31.5 Å². The van der Waals surface area contributed by atoms with Crippen molar-refractivity contribution in [1.82, 2.24) is 14.5 Å². The molecule has 10 nitrogen and oxygen atoms in total. The van der Waals surface area contributed by atoms with Crippen molar-refractivity contribution < 1.29 is 19.8 Å². The Labute approximate surface area is 110 Å². The quantitative estimate of drug-likeness (QED) is 0.461. The summed E-state index contributed by atoms with van der Waals surface area (Å²) in [5, 5.41) is 18.6. The molecule has 1 unspecified atom stereocenters. The van der Waals surface area contributed by atoms with Crippen molar-refractivity contribution in [3.8, 4) is 0 Å². The van der Waals surface area contributed by atoms with Gasteiger partial charge in [0, 0.05) is 5.92 Å². The Morgan fingerprint density at radius 3 is 1.85 bits per heavy atom. The zero-order chi connectivity index (χ0) is 15.7. The van der Waals surface area contributed by atoms with Crippen LogP contribution in [0.1, 0.15) is 20.3 Å². The molecule has 0 spiro atoms. The van der Waals surface area contributed by atoms with Gasteiger partial charge >= 0.3 is 29.0 Å². The van der Waals surface area contributed by atoms with E-state index in [0.29, 0.717) is 0 Å². The zero-order valence-electron chi connectivity index (χ0n) is 10.7. The summed E-state index contributed by atoms with van der Waals surface area (Å²) in [7, 11) is 0. The molecule has 0 radical (unpaired) electrons. The number of hydrogen-bond donors (Lipinski definition) is 4. The molecule has 110 valence electrons. The maximum Gasteiger partial charge on any atom is 0.342 e. The molecule has 0 aliphatic carbocycles. The minimum atomic E-state index is -2.80. The smallest absolute Gasteiger partial charge is 0.342 e. The molecule has 20 heavy (non-hydrogen) atoms. The number of nitrogens with one attached hydrogen (secondary N) is 2. The lowest BCUT2D eigenvalue weighted by Crippen LogP contribution is -2.63. The summed E-state index contributed by atoms with van der Waals surface area (Å²) >= 11 is 0. The van der Waals surface area contributed by atoms with Gasteiger partial charge < -0.3 is 10.2 Å². The molecule has 1 rings (SSSR count). The number of H-pyrrole nitrogens is 2. The van der Waals surface area contributed by atoms with Crippen LogP contribution in [0.5, 0.6) is 0 Å². The number of aromatic nitrogens is 3. The SMILES string of the molecule is CCC(C)C(C(=O)O)(C(=O)O)n1c(=O)[nH]c(=O)[nH]c1=O. The highest BCUT2D eigenvalue weighted by molar-refractivity contribution is 6.01. The minimum Gasteiger partial charge on any atom is -0.479 e. The highest BCUT2D eigenvalue weighted by Crippen LogP contribution is 2.27. The van der Waals surface area contributed by atoms with E-state index in [1.165, 1.54) is 13.8 Å². The summed E-state index contributed by atoms with van der Waals surface area (Å²) in [6.45, 7) is 2.79. The van der Waals surface area contributed by atoms with Gasteiger partial charge in [-0.05, 0) is 0 Å². The van der Waals surface area contributed by atoms with Crippen LogP contribution < -0.4 is 17.1 Å². The summed E-state index contributed by atoms with van der Waals surface area (Å²) < 4.78 is 0.00718. The van der Waals surface area contributed by atoms with Gasteiger partial charge in [-0.1, -0.05) is 20.3 Å². The number of hydrogen-bond acceptors (Lipinski definition) is 5. The molecular formula is C10H13N3O7. The first-order chi connectivity index (χ1) is 9.19. The van der Waals surface area contributed by atoms with E-state index in [9.17, 15) is 34.2 Å². The van der Waals surface area contributed by atoms with Crippen molar-refractivity contribution in [2.24, 2.45) is 5.92 Å². The third-order valence-electron chi connectivity index (χ3n) is 3.18. The summed E-state index contributed by atoms with van der Waals surface area (Å²) in [6, 6.07) is 0. The highest BCUT2D eigenvalue weighted by atomic mass is 16.4. The van der Waals surface area contributed by atoms with E-state index in [2.05, 4.69) is 0 Å². The van der Waals surface area contributed by atoms with Gasteiger partial charge in [0.1, 0.15) is 0 Å². The molecule has 1 aromatic heterocycles. The molecule has 10 heteroatoms. The van der Waals surface area contributed by atoms with Crippen LogP contribution in [0, 0.1) is 5.92 Å². The second kappa shape index (κ2) is 5.15. The average molecular weight is 287 g/mol. The lowest BCUT2D eigenvalue weighted by atomic mass is 9.83. The Hall–Kier alpha value is -2.65. The fourth-order valence-corrected chi connectivity index (χ4v) is 1.97. The largest absolute Gasteiger partial charge is 0.479 e. The number of nitrogens with zero attached hydrogens (tertiary/aromatic N) is 1. The van der Waals surface area contributed by atoms with E-state index in [1.807, 2.05) is 0 Å². The molecule has 0 aromatic carbocycles. The van der Waals surface area contributed by atoms with Crippen molar-refractivity contribution in [2.45, 2.75) is 25.8 Å². The van der Waals surface area contributed by atoms with E-state index >= 15 is 0 Å². The lowest BCUT2D eigenvalue weighted by Gasteiger charge is -2.30. The van der Waals surface area contributed by atoms with Crippen LogP contribution in [0.15, 0.2) is 14.4 Å². The Kier molecular flexibility index (Phi) is 3.97. The zero-order valence-corrected chi connectivity index (χ0v) is 10.7. The van der Waals surface area contributed by atoms with Crippen LogP contribution in [-0.2, 0) is 15.1 Å². The van der Waals surface area contributed by atoms with Crippen LogP contribution in [0.4, 0.5) is 0 Å². The van der Waals surface area contributed by atoms with Gasteiger partial charge in [0.25, 0.3) is 0 Å². The summed E-state index contributed by atoms with van der Waals surface area (Å²) in [6.07, 6.45) is 0.0730. The molecular weight excluding hydrogens is 274 g/mol. The number of aliphatic carboxylic acids is 2. The molecule has 1 atom stereocenters. The number of carboxylic acids is 2. The molecule has 0 saturated carbocycles. The second-order valence-corrected chi connectivity index (χ2v) is 4.21. The van der Waals surface area contributed by atoms with Gasteiger partial charge in [0.15, 0.2) is 0 Å². The van der Waals surface area contributed by atoms with Crippen LogP contribution in [0.25, 0.3) is 0 Å². The van der Waals surface area contributed by atoms with E-state index in [1.54, 1.807) is 9.97 Å². The lowest BCUT2D eigenvalue weighted by molar-refractivity contribution is -0.167. The second-order valence-electron chi connectivity index (χ2n) is 4.21. The fraction of sp³-hybridized carbons (Fsp3) is 0.500. The Balaban J connectivity index is 3.94. The van der Waals surface area contributed by atoms with E-state index in [0.717, 1.165) is 0 Å². The molecule has 0 aliphatic rings. The first-order valence-corrected chi connectivity index (χ1v) is 5.62. The van der Waals surface area contributed by atoms with Gasteiger partial charge in [-0.25, -0.2) is 28.5 Å². The van der Waals surface area contributed by atoms with Gasteiger partial charge in [0.05, 0.1) is 0 Å². The molecule has 0 amide bonds. The fourth-order valence-electron chi connectivity index (χ4n) is 1.97. The van der Waals surface area contributed by atoms with Gasteiger partial charge in [-0.3, -0.25) is 9.97 Å².